The molecule has 1 amide bonds. The molecule has 116 valence electrons. The van der Waals surface area contributed by atoms with Gasteiger partial charge in [-0.1, -0.05) is 0 Å². The summed E-state index contributed by atoms with van der Waals surface area (Å²) >= 11 is 0. The highest BCUT2D eigenvalue weighted by Gasteiger charge is 2.28. The van der Waals surface area contributed by atoms with E-state index in [-0.39, 0.29) is 5.91 Å². The molecule has 0 spiro atoms. The molecule has 0 saturated carbocycles. The van der Waals surface area contributed by atoms with E-state index < -0.39 is 0 Å². The predicted molar refractivity (Wildman–Crippen MR) is 81.8 cm³/mol. The number of carbonyl (C=O) groups excluding carboxylic acids is 1. The summed E-state index contributed by atoms with van der Waals surface area (Å²) in [5.74, 6) is 0.953. The van der Waals surface area contributed by atoms with Gasteiger partial charge in [-0.25, -0.2) is 9.88 Å². The maximum absolute atomic E-state index is 12.4. The molecule has 4 N–H and O–H groups in total. The summed E-state index contributed by atoms with van der Waals surface area (Å²) in [6.07, 6.45) is 1.89. The molecule has 6 nitrogen and oxygen atoms in total. The Bertz CT molecular complexity index is 469. The molecule has 2 heterocycles. The van der Waals surface area contributed by atoms with Gasteiger partial charge in [0.2, 0.25) is 0 Å². The summed E-state index contributed by atoms with van der Waals surface area (Å²) in [4.78, 5) is 20.8. The van der Waals surface area contributed by atoms with Crippen LogP contribution >= 0.6 is 0 Å². The van der Waals surface area contributed by atoms with Gasteiger partial charge in [0, 0.05) is 0 Å². The van der Waals surface area contributed by atoms with Crippen molar-refractivity contribution < 1.29 is 19.6 Å². The van der Waals surface area contributed by atoms with Gasteiger partial charge in [0.25, 0.3) is 11.7 Å². The van der Waals surface area contributed by atoms with E-state index in [0.29, 0.717) is 6.54 Å². The number of likely N-dealkylation sites (N-methyl/N-ethyl adjacent to an activating group) is 2. The summed E-state index contributed by atoms with van der Waals surface area (Å²) < 4.78 is 0. The van der Waals surface area contributed by atoms with Crippen LogP contribution in [0.3, 0.4) is 0 Å². The Hall–Kier alpha value is -1.66. The van der Waals surface area contributed by atoms with Crippen molar-refractivity contribution in [1.29, 1.82) is 0 Å². The molecule has 1 aromatic rings. The molecule has 1 aliphatic rings. The number of anilines is 1. The Labute approximate surface area is 126 Å². The Kier molecular flexibility index (Phi) is 5.52. The van der Waals surface area contributed by atoms with Crippen LogP contribution in [0.4, 0.5) is 5.82 Å². The number of hydrogen-bond acceptors (Lipinski definition) is 2. The van der Waals surface area contributed by atoms with Gasteiger partial charge < -0.3 is 15.1 Å². The number of aromatic amines is 1. The van der Waals surface area contributed by atoms with Crippen molar-refractivity contribution >= 4 is 11.7 Å². The fraction of sp³-hybridized carbons (Fsp3) is 0.600. The van der Waals surface area contributed by atoms with Crippen LogP contribution in [0.25, 0.3) is 0 Å². The molecule has 21 heavy (non-hydrogen) atoms. The van der Waals surface area contributed by atoms with Crippen molar-refractivity contribution in [1.82, 2.24) is 5.32 Å². The highest BCUT2D eigenvalue weighted by molar-refractivity contribution is 5.98. The summed E-state index contributed by atoms with van der Waals surface area (Å²) in [5.41, 5.74) is 0.741. The molecule has 6 heteroatoms. The standard InChI is InChI=1S/C15H25N5O/c1-18(2)8-7-17-15(21)13-5-4-6-16-14(13)20-11-9-19(3)10-12-20/h4-6H,7-12H2,1-3H3,(H,17,21)/p+3. The molecule has 0 aromatic carbocycles. The Balaban J connectivity index is 2.04. The highest BCUT2D eigenvalue weighted by Crippen LogP contribution is 2.13. The fourth-order valence-electron chi connectivity index (χ4n) is 2.51. The monoisotopic (exact) mass is 294 g/mol. The largest absolute Gasteiger partial charge is 0.346 e. The lowest BCUT2D eigenvalue weighted by molar-refractivity contribution is -0.880. The number of amides is 1. The average Bonchev–Trinajstić information content (AvgIpc) is 2.47. The first-order chi connectivity index (χ1) is 10.1. The van der Waals surface area contributed by atoms with Gasteiger partial charge in [0.1, 0.15) is 31.7 Å². The number of hydrogen-bond donors (Lipinski definition) is 3. The van der Waals surface area contributed by atoms with Crippen LogP contribution in [0.15, 0.2) is 18.3 Å². The Morgan fingerprint density at radius 3 is 2.81 bits per heavy atom. The molecule has 0 bridgehead atoms. The normalized spacial score (nSPS) is 16.3. The van der Waals surface area contributed by atoms with E-state index >= 15 is 0 Å². The first-order valence-corrected chi connectivity index (χ1v) is 7.72. The lowest BCUT2D eigenvalue weighted by Crippen LogP contribution is -3.12. The van der Waals surface area contributed by atoms with E-state index in [2.05, 4.69) is 36.3 Å². The van der Waals surface area contributed by atoms with Gasteiger partial charge in [0.05, 0.1) is 40.4 Å². The van der Waals surface area contributed by atoms with Gasteiger partial charge in [-0.3, -0.25) is 4.79 Å². The van der Waals surface area contributed by atoms with Crippen LogP contribution < -0.4 is 25.0 Å². The van der Waals surface area contributed by atoms with Crippen molar-refractivity contribution in [2.45, 2.75) is 0 Å². The minimum absolute atomic E-state index is 0.00868. The smallest absolute Gasteiger partial charge is 0.287 e. The Morgan fingerprint density at radius 1 is 1.43 bits per heavy atom. The summed E-state index contributed by atoms with van der Waals surface area (Å²) in [6.45, 7) is 5.79. The number of H-pyrrole nitrogens is 1. The number of carbonyl (C=O) groups is 1. The molecule has 1 saturated heterocycles. The second-order valence-corrected chi connectivity index (χ2v) is 6.09. The zero-order valence-corrected chi connectivity index (χ0v) is 13.3. The molecular formula is C15H28N5O+3. The van der Waals surface area contributed by atoms with E-state index in [9.17, 15) is 4.79 Å². The van der Waals surface area contributed by atoms with E-state index in [1.807, 2.05) is 18.3 Å². The lowest BCUT2D eigenvalue weighted by atomic mass is 10.2. The van der Waals surface area contributed by atoms with Crippen molar-refractivity contribution in [3.8, 4) is 0 Å². The summed E-state index contributed by atoms with van der Waals surface area (Å²) in [6, 6.07) is 3.78. The molecule has 0 aliphatic carbocycles. The third-order valence-electron chi connectivity index (χ3n) is 3.92. The number of nitrogens with zero attached hydrogens (tertiary/aromatic N) is 1. The molecule has 0 atom stereocenters. The Morgan fingerprint density at radius 2 is 2.14 bits per heavy atom. The molecule has 0 radical (unpaired) electrons. The van der Waals surface area contributed by atoms with E-state index in [4.69, 9.17) is 0 Å². The third kappa shape index (κ3) is 4.41. The SMILES string of the molecule is C[NH+](C)CCNC(=O)c1ccc[nH+]c1N1CC[NH+](C)CC1. The van der Waals surface area contributed by atoms with Crippen LogP contribution in [-0.2, 0) is 0 Å². The first-order valence-electron chi connectivity index (χ1n) is 7.72. The third-order valence-corrected chi connectivity index (χ3v) is 3.92. The molecule has 1 fully saturated rings. The minimum Gasteiger partial charge on any atom is -0.346 e. The maximum Gasteiger partial charge on any atom is 0.287 e. The number of aromatic nitrogens is 1. The zero-order chi connectivity index (χ0) is 15.2. The lowest BCUT2D eigenvalue weighted by Gasteiger charge is -2.26. The van der Waals surface area contributed by atoms with Gasteiger partial charge in [-0.2, -0.15) is 0 Å². The molecule has 1 aliphatic heterocycles. The maximum atomic E-state index is 12.4. The van der Waals surface area contributed by atoms with Crippen molar-refractivity contribution in [2.75, 3.05) is 65.3 Å². The van der Waals surface area contributed by atoms with E-state index in [1.165, 1.54) is 4.90 Å². The molecule has 1 aromatic heterocycles. The molecular weight excluding hydrogens is 266 g/mol. The van der Waals surface area contributed by atoms with Crippen molar-refractivity contribution in [2.24, 2.45) is 0 Å². The van der Waals surface area contributed by atoms with E-state index in [1.54, 1.807) is 4.90 Å². The number of nitrogens with one attached hydrogen (secondary N) is 4. The number of quaternary nitrogens is 2. The van der Waals surface area contributed by atoms with Crippen LogP contribution in [0, 0.1) is 0 Å². The average molecular weight is 294 g/mol. The van der Waals surface area contributed by atoms with Crippen molar-refractivity contribution in [3.05, 3.63) is 23.9 Å². The summed E-state index contributed by atoms with van der Waals surface area (Å²) in [7, 11) is 6.38. The fourth-order valence-corrected chi connectivity index (χ4v) is 2.51. The zero-order valence-electron chi connectivity index (χ0n) is 13.3. The van der Waals surface area contributed by atoms with Gasteiger partial charge in [-0.05, 0) is 12.1 Å². The van der Waals surface area contributed by atoms with Gasteiger partial charge >= 0.3 is 0 Å². The highest BCUT2D eigenvalue weighted by atomic mass is 16.1. The number of rotatable bonds is 5. The van der Waals surface area contributed by atoms with Gasteiger partial charge in [0.15, 0.2) is 0 Å². The van der Waals surface area contributed by atoms with Crippen LogP contribution in [0.5, 0.6) is 0 Å². The summed E-state index contributed by atoms with van der Waals surface area (Å²) in [5, 5.41) is 3.01. The predicted octanol–water partition coefficient (Wildman–Crippen LogP) is -3.29. The number of pyridine rings is 1. The molecule has 2 rings (SSSR count). The second-order valence-electron chi connectivity index (χ2n) is 6.09. The molecule has 0 unspecified atom stereocenters. The van der Waals surface area contributed by atoms with Gasteiger partial charge in [-0.15, -0.1) is 0 Å². The number of piperazine rings is 1. The van der Waals surface area contributed by atoms with Crippen molar-refractivity contribution in [3.63, 3.8) is 0 Å². The second kappa shape index (κ2) is 7.38. The van der Waals surface area contributed by atoms with Crippen LogP contribution in [0.1, 0.15) is 10.4 Å². The topological polar surface area (TPSA) is 55.4 Å². The van der Waals surface area contributed by atoms with E-state index in [0.717, 1.165) is 44.1 Å². The quantitative estimate of drug-likeness (QED) is 0.533. The van der Waals surface area contributed by atoms with Crippen LogP contribution in [-0.4, -0.2) is 66.3 Å². The van der Waals surface area contributed by atoms with Crippen LogP contribution in [0.2, 0.25) is 0 Å². The minimum atomic E-state index is 0.00868. The first kappa shape index (κ1) is 15.7.